The van der Waals surface area contributed by atoms with Crippen molar-refractivity contribution in [3.8, 4) is 0 Å². The number of pyridine rings is 1. The summed E-state index contributed by atoms with van der Waals surface area (Å²) in [5.41, 5.74) is 2.56. The molecule has 0 fully saturated rings. The van der Waals surface area contributed by atoms with Gasteiger partial charge in [-0.2, -0.15) is 0 Å². The maximum Gasteiger partial charge on any atom is 0.0541 e. The molecule has 19 heavy (non-hydrogen) atoms. The van der Waals surface area contributed by atoms with Crippen LogP contribution in [0.2, 0.25) is 0 Å². The van der Waals surface area contributed by atoms with Crippen molar-refractivity contribution < 1.29 is 0 Å². The van der Waals surface area contributed by atoms with E-state index < -0.39 is 0 Å². The summed E-state index contributed by atoms with van der Waals surface area (Å²) in [6.07, 6.45) is 1.84. The van der Waals surface area contributed by atoms with E-state index in [9.17, 15) is 0 Å². The van der Waals surface area contributed by atoms with Crippen LogP contribution in [0.4, 0.5) is 0 Å². The van der Waals surface area contributed by atoms with Crippen LogP contribution >= 0.6 is 0 Å². The minimum atomic E-state index is 0.163. The summed E-state index contributed by atoms with van der Waals surface area (Å²) in [5.74, 6) is 0. The highest BCUT2D eigenvalue weighted by Gasteiger charge is 2.25. The molecule has 2 nitrogen and oxygen atoms in total. The van der Waals surface area contributed by atoms with Crippen molar-refractivity contribution in [2.45, 2.75) is 33.4 Å². The second-order valence-electron chi connectivity index (χ2n) is 5.91. The number of rotatable bonds is 4. The standard InChI is InChI=1S/C17H22N2/c1-17(2,3)16(14-9-5-4-6-10-14)19-13-15-11-7-8-12-18-15/h4-12,16,19H,13H2,1-3H3. The molecule has 0 aliphatic carbocycles. The lowest BCUT2D eigenvalue weighted by atomic mass is 9.82. The molecule has 2 aromatic rings. The van der Waals surface area contributed by atoms with Crippen LogP contribution in [0, 0.1) is 5.41 Å². The monoisotopic (exact) mass is 254 g/mol. The first kappa shape index (κ1) is 13.8. The molecule has 0 aliphatic rings. The Morgan fingerprint density at radius 1 is 1.00 bits per heavy atom. The Bertz CT molecular complexity index is 486. The normalized spacial score (nSPS) is 13.2. The fourth-order valence-corrected chi connectivity index (χ4v) is 2.28. The van der Waals surface area contributed by atoms with Gasteiger partial charge in [-0.1, -0.05) is 57.2 Å². The molecule has 0 spiro atoms. The third-order valence-electron chi connectivity index (χ3n) is 3.21. The van der Waals surface area contributed by atoms with Gasteiger partial charge in [0.2, 0.25) is 0 Å². The number of benzene rings is 1. The molecule has 1 aromatic carbocycles. The van der Waals surface area contributed by atoms with Gasteiger partial charge in [0.1, 0.15) is 0 Å². The van der Waals surface area contributed by atoms with Gasteiger partial charge in [0, 0.05) is 18.8 Å². The van der Waals surface area contributed by atoms with Gasteiger partial charge in [-0.3, -0.25) is 4.98 Å². The lowest BCUT2D eigenvalue weighted by Crippen LogP contribution is -2.32. The van der Waals surface area contributed by atoms with Gasteiger partial charge < -0.3 is 5.32 Å². The van der Waals surface area contributed by atoms with Gasteiger partial charge in [0.15, 0.2) is 0 Å². The van der Waals surface area contributed by atoms with E-state index in [2.05, 4.69) is 67.5 Å². The smallest absolute Gasteiger partial charge is 0.0541 e. The SMILES string of the molecule is CC(C)(C)C(NCc1ccccn1)c1ccccc1. The topological polar surface area (TPSA) is 24.9 Å². The van der Waals surface area contributed by atoms with E-state index in [4.69, 9.17) is 0 Å². The van der Waals surface area contributed by atoms with Gasteiger partial charge in [-0.25, -0.2) is 0 Å². The summed E-state index contributed by atoms with van der Waals surface area (Å²) in [4.78, 5) is 4.36. The molecular formula is C17H22N2. The zero-order valence-electron chi connectivity index (χ0n) is 11.9. The molecule has 0 aliphatic heterocycles. The minimum absolute atomic E-state index is 0.163. The second kappa shape index (κ2) is 5.98. The average Bonchev–Trinajstić information content (AvgIpc) is 2.40. The van der Waals surface area contributed by atoms with Crippen LogP contribution in [0.3, 0.4) is 0 Å². The molecular weight excluding hydrogens is 232 g/mol. The predicted octanol–water partition coefficient (Wildman–Crippen LogP) is 3.96. The number of hydrogen-bond donors (Lipinski definition) is 1. The van der Waals surface area contributed by atoms with Crippen molar-refractivity contribution in [3.63, 3.8) is 0 Å². The molecule has 1 aromatic heterocycles. The van der Waals surface area contributed by atoms with Crippen LogP contribution in [0.5, 0.6) is 0 Å². The highest BCUT2D eigenvalue weighted by Crippen LogP contribution is 2.32. The highest BCUT2D eigenvalue weighted by atomic mass is 14.9. The molecule has 0 amide bonds. The van der Waals surface area contributed by atoms with Gasteiger partial charge in [0.25, 0.3) is 0 Å². The van der Waals surface area contributed by atoms with Gasteiger partial charge >= 0.3 is 0 Å². The van der Waals surface area contributed by atoms with Crippen molar-refractivity contribution in [3.05, 3.63) is 66.0 Å². The Balaban J connectivity index is 2.12. The Labute approximate surface area is 115 Å². The predicted molar refractivity (Wildman–Crippen MR) is 79.7 cm³/mol. The summed E-state index contributed by atoms with van der Waals surface area (Å²) >= 11 is 0. The van der Waals surface area contributed by atoms with E-state index in [0.29, 0.717) is 6.04 Å². The lowest BCUT2D eigenvalue weighted by Gasteiger charge is -2.32. The third kappa shape index (κ3) is 3.90. The fourth-order valence-electron chi connectivity index (χ4n) is 2.28. The number of hydrogen-bond acceptors (Lipinski definition) is 2. The zero-order valence-corrected chi connectivity index (χ0v) is 11.9. The Morgan fingerprint density at radius 3 is 2.26 bits per heavy atom. The van der Waals surface area contributed by atoms with Crippen LogP contribution in [0.25, 0.3) is 0 Å². The maximum absolute atomic E-state index is 4.36. The average molecular weight is 254 g/mol. The van der Waals surface area contributed by atoms with E-state index in [0.717, 1.165) is 12.2 Å². The Morgan fingerprint density at radius 2 is 1.68 bits per heavy atom. The van der Waals surface area contributed by atoms with Crippen LogP contribution in [0.1, 0.15) is 38.1 Å². The third-order valence-corrected chi connectivity index (χ3v) is 3.21. The van der Waals surface area contributed by atoms with E-state index in [1.54, 1.807) is 0 Å². The molecule has 1 unspecified atom stereocenters. The summed E-state index contributed by atoms with van der Waals surface area (Å²) in [6.45, 7) is 7.57. The first-order chi connectivity index (χ1) is 9.07. The number of nitrogens with zero attached hydrogens (tertiary/aromatic N) is 1. The molecule has 0 saturated carbocycles. The molecule has 0 radical (unpaired) electrons. The molecule has 2 heteroatoms. The van der Waals surface area contributed by atoms with Crippen molar-refractivity contribution in [1.29, 1.82) is 0 Å². The summed E-state index contributed by atoms with van der Waals surface area (Å²) < 4.78 is 0. The number of nitrogens with one attached hydrogen (secondary N) is 1. The lowest BCUT2D eigenvalue weighted by molar-refractivity contribution is 0.270. The molecule has 1 atom stereocenters. The van der Waals surface area contributed by atoms with Crippen molar-refractivity contribution >= 4 is 0 Å². The van der Waals surface area contributed by atoms with Crippen molar-refractivity contribution in [2.24, 2.45) is 5.41 Å². The van der Waals surface area contributed by atoms with Crippen LogP contribution in [-0.2, 0) is 6.54 Å². The van der Waals surface area contributed by atoms with E-state index >= 15 is 0 Å². The molecule has 0 bridgehead atoms. The van der Waals surface area contributed by atoms with Crippen molar-refractivity contribution in [1.82, 2.24) is 10.3 Å². The molecule has 0 saturated heterocycles. The molecule has 100 valence electrons. The largest absolute Gasteiger partial charge is 0.304 e. The first-order valence-corrected chi connectivity index (χ1v) is 6.75. The summed E-state index contributed by atoms with van der Waals surface area (Å²) in [6, 6.07) is 17.0. The minimum Gasteiger partial charge on any atom is -0.304 e. The fraction of sp³-hybridized carbons (Fsp3) is 0.353. The Hall–Kier alpha value is -1.67. The van der Waals surface area contributed by atoms with Crippen LogP contribution in [-0.4, -0.2) is 4.98 Å². The van der Waals surface area contributed by atoms with E-state index in [-0.39, 0.29) is 5.41 Å². The molecule has 1 heterocycles. The summed E-state index contributed by atoms with van der Waals surface area (Å²) in [5, 5.41) is 3.63. The van der Waals surface area contributed by atoms with E-state index in [1.165, 1.54) is 5.56 Å². The molecule has 1 N–H and O–H groups in total. The first-order valence-electron chi connectivity index (χ1n) is 6.75. The van der Waals surface area contributed by atoms with Gasteiger partial charge in [-0.15, -0.1) is 0 Å². The maximum atomic E-state index is 4.36. The van der Waals surface area contributed by atoms with Crippen molar-refractivity contribution in [2.75, 3.05) is 0 Å². The summed E-state index contributed by atoms with van der Waals surface area (Å²) in [7, 11) is 0. The second-order valence-corrected chi connectivity index (χ2v) is 5.91. The van der Waals surface area contributed by atoms with E-state index in [1.807, 2.05) is 18.3 Å². The van der Waals surface area contributed by atoms with Gasteiger partial charge in [-0.05, 0) is 23.1 Å². The highest BCUT2D eigenvalue weighted by molar-refractivity contribution is 5.21. The zero-order chi connectivity index (χ0) is 13.7. The van der Waals surface area contributed by atoms with Gasteiger partial charge in [0.05, 0.1) is 5.69 Å². The molecule has 2 rings (SSSR count). The quantitative estimate of drug-likeness (QED) is 0.893. The number of aromatic nitrogens is 1. The Kier molecular flexibility index (Phi) is 4.33. The van der Waals surface area contributed by atoms with Crippen LogP contribution < -0.4 is 5.32 Å². The van der Waals surface area contributed by atoms with Crippen LogP contribution in [0.15, 0.2) is 54.7 Å².